The van der Waals surface area contributed by atoms with E-state index in [2.05, 4.69) is 48.6 Å². The van der Waals surface area contributed by atoms with Crippen molar-refractivity contribution < 1.29 is 4.42 Å². The van der Waals surface area contributed by atoms with Gasteiger partial charge in [-0.05, 0) is 41.8 Å². The van der Waals surface area contributed by atoms with Crippen LogP contribution in [0.3, 0.4) is 0 Å². The van der Waals surface area contributed by atoms with Crippen molar-refractivity contribution in [2.24, 2.45) is 0 Å². The molecule has 92 valence electrons. The molecule has 1 heteroatoms. The monoisotopic (exact) mass is 246 g/mol. The number of furan rings is 1. The molecule has 4 rings (SSSR count). The molecule has 0 saturated carbocycles. The van der Waals surface area contributed by atoms with Crippen LogP contribution in [-0.2, 0) is 0 Å². The van der Waals surface area contributed by atoms with Gasteiger partial charge in [-0.15, -0.1) is 0 Å². The fraction of sp³-hybridized carbons (Fsp3) is 0.111. The van der Waals surface area contributed by atoms with Crippen molar-refractivity contribution in [1.29, 1.82) is 0 Å². The van der Waals surface area contributed by atoms with Crippen molar-refractivity contribution in [2.75, 3.05) is 0 Å². The number of aryl methyl sites for hydroxylation is 1. The van der Waals surface area contributed by atoms with E-state index in [0.29, 0.717) is 5.92 Å². The fourth-order valence-corrected chi connectivity index (χ4v) is 2.88. The molecule has 0 bridgehead atoms. The van der Waals surface area contributed by atoms with Crippen LogP contribution in [0.5, 0.6) is 0 Å². The number of fused-ring (bicyclic) bond motifs is 3. The molecular formula is C18H14O. The average molecular weight is 246 g/mol. The topological polar surface area (TPSA) is 13.1 Å². The molecule has 0 aliphatic heterocycles. The van der Waals surface area contributed by atoms with Crippen LogP contribution in [-0.4, -0.2) is 0 Å². The minimum Gasteiger partial charge on any atom is -0.461 e. The number of rotatable bonds is 1. The maximum absolute atomic E-state index is 5.70. The van der Waals surface area contributed by atoms with Crippen molar-refractivity contribution >= 4 is 6.08 Å². The van der Waals surface area contributed by atoms with E-state index in [1.807, 2.05) is 19.1 Å². The maximum atomic E-state index is 5.70. The Bertz CT molecular complexity index is 741. The highest BCUT2D eigenvalue weighted by molar-refractivity contribution is 5.75. The summed E-state index contributed by atoms with van der Waals surface area (Å²) >= 11 is 0. The highest BCUT2D eigenvalue weighted by Crippen LogP contribution is 2.41. The Hall–Kier alpha value is -2.28. The summed E-state index contributed by atoms with van der Waals surface area (Å²) in [6, 6.07) is 10.6. The first-order valence-electron chi connectivity index (χ1n) is 6.58. The number of hydrogen-bond donors (Lipinski definition) is 0. The summed E-state index contributed by atoms with van der Waals surface area (Å²) in [5.41, 5.74) is 5.23. The van der Waals surface area contributed by atoms with Crippen LogP contribution in [0.25, 0.3) is 17.4 Å². The second-order valence-electron chi connectivity index (χ2n) is 5.12. The van der Waals surface area contributed by atoms with Gasteiger partial charge in [0.05, 0.1) is 0 Å². The SMILES string of the molecule is Cc1ccc(-c2ccc3c(c2)C=C2C=CC=CC23)o1. The lowest BCUT2D eigenvalue weighted by molar-refractivity contribution is 0.548. The highest BCUT2D eigenvalue weighted by Gasteiger charge is 2.23. The van der Waals surface area contributed by atoms with Crippen molar-refractivity contribution in [3.05, 3.63) is 77.1 Å². The van der Waals surface area contributed by atoms with Crippen molar-refractivity contribution in [2.45, 2.75) is 12.8 Å². The second kappa shape index (κ2) is 3.86. The van der Waals surface area contributed by atoms with E-state index in [9.17, 15) is 0 Å². The molecule has 0 fully saturated rings. The van der Waals surface area contributed by atoms with E-state index in [-0.39, 0.29) is 0 Å². The second-order valence-corrected chi connectivity index (χ2v) is 5.12. The molecule has 0 spiro atoms. The standard InChI is InChI=1S/C18H14O/c1-12-6-9-18(19-12)14-7-8-17-15(11-14)10-13-4-2-3-5-16(13)17/h2-11,16H,1H3. The van der Waals surface area contributed by atoms with Crippen molar-refractivity contribution in [1.82, 2.24) is 0 Å². The summed E-state index contributed by atoms with van der Waals surface area (Å²) in [7, 11) is 0. The van der Waals surface area contributed by atoms with Crippen LogP contribution >= 0.6 is 0 Å². The molecule has 1 unspecified atom stereocenters. The Kier molecular flexibility index (Phi) is 2.16. The van der Waals surface area contributed by atoms with E-state index in [1.54, 1.807) is 0 Å². The van der Waals surface area contributed by atoms with Crippen LogP contribution in [0, 0.1) is 6.92 Å². The van der Waals surface area contributed by atoms with Crippen LogP contribution in [0.2, 0.25) is 0 Å². The third-order valence-electron chi connectivity index (χ3n) is 3.83. The lowest BCUT2D eigenvalue weighted by atomic mass is 9.92. The maximum Gasteiger partial charge on any atom is 0.134 e. The van der Waals surface area contributed by atoms with E-state index in [4.69, 9.17) is 4.42 Å². The third-order valence-corrected chi connectivity index (χ3v) is 3.83. The summed E-state index contributed by atoms with van der Waals surface area (Å²) in [6.07, 6.45) is 11.0. The molecule has 2 aromatic rings. The van der Waals surface area contributed by atoms with Gasteiger partial charge in [0, 0.05) is 11.5 Å². The zero-order valence-electron chi connectivity index (χ0n) is 10.8. The van der Waals surface area contributed by atoms with Gasteiger partial charge in [0.15, 0.2) is 0 Å². The quantitative estimate of drug-likeness (QED) is 0.700. The van der Waals surface area contributed by atoms with Gasteiger partial charge in [0.1, 0.15) is 11.5 Å². The number of allylic oxidation sites excluding steroid dienone is 5. The average Bonchev–Trinajstić information content (AvgIpc) is 3.01. The van der Waals surface area contributed by atoms with E-state index in [0.717, 1.165) is 17.1 Å². The molecule has 1 atom stereocenters. The van der Waals surface area contributed by atoms with Gasteiger partial charge in [-0.2, -0.15) is 0 Å². The minimum absolute atomic E-state index is 0.437. The molecule has 0 saturated heterocycles. The summed E-state index contributed by atoms with van der Waals surface area (Å²) in [4.78, 5) is 0. The number of hydrogen-bond acceptors (Lipinski definition) is 1. The van der Waals surface area contributed by atoms with Gasteiger partial charge in [0.25, 0.3) is 0 Å². The Morgan fingerprint density at radius 1 is 1.05 bits per heavy atom. The number of benzene rings is 1. The Morgan fingerprint density at radius 2 is 2.00 bits per heavy atom. The summed E-state index contributed by atoms with van der Waals surface area (Å²) in [6.45, 7) is 1.98. The molecule has 19 heavy (non-hydrogen) atoms. The van der Waals surface area contributed by atoms with Gasteiger partial charge in [-0.1, -0.05) is 42.5 Å². The van der Waals surface area contributed by atoms with Crippen LogP contribution < -0.4 is 0 Å². The molecule has 2 aliphatic rings. The lowest BCUT2D eigenvalue weighted by Crippen LogP contribution is -1.95. The van der Waals surface area contributed by atoms with Gasteiger partial charge in [-0.25, -0.2) is 0 Å². The fourth-order valence-electron chi connectivity index (χ4n) is 2.88. The highest BCUT2D eigenvalue weighted by atomic mass is 16.3. The molecule has 0 N–H and O–H groups in total. The molecular weight excluding hydrogens is 232 g/mol. The minimum atomic E-state index is 0.437. The molecule has 1 aromatic carbocycles. The molecule has 1 nitrogen and oxygen atoms in total. The van der Waals surface area contributed by atoms with Crippen LogP contribution in [0.1, 0.15) is 22.8 Å². The first kappa shape index (κ1) is 10.6. The Labute approximate surface area is 112 Å². The molecule has 0 radical (unpaired) electrons. The zero-order chi connectivity index (χ0) is 12.8. The normalized spacial score (nSPS) is 19.2. The van der Waals surface area contributed by atoms with E-state index in [1.165, 1.54) is 16.7 Å². The predicted molar refractivity (Wildman–Crippen MR) is 77.9 cm³/mol. The van der Waals surface area contributed by atoms with Gasteiger partial charge in [0.2, 0.25) is 0 Å². The smallest absolute Gasteiger partial charge is 0.134 e. The third kappa shape index (κ3) is 1.62. The van der Waals surface area contributed by atoms with E-state index >= 15 is 0 Å². The molecule has 1 aromatic heterocycles. The van der Waals surface area contributed by atoms with Crippen LogP contribution in [0.15, 0.2) is 64.6 Å². The molecule has 1 heterocycles. The molecule has 2 aliphatic carbocycles. The summed E-state index contributed by atoms with van der Waals surface area (Å²) < 4.78 is 5.70. The lowest BCUT2D eigenvalue weighted by Gasteiger charge is -2.12. The Balaban J connectivity index is 1.82. The van der Waals surface area contributed by atoms with Crippen molar-refractivity contribution in [3.8, 4) is 11.3 Å². The first-order chi connectivity index (χ1) is 9.31. The Morgan fingerprint density at radius 3 is 2.84 bits per heavy atom. The van der Waals surface area contributed by atoms with Gasteiger partial charge >= 0.3 is 0 Å². The predicted octanol–water partition coefficient (Wildman–Crippen LogP) is 4.86. The summed E-state index contributed by atoms with van der Waals surface area (Å²) in [5, 5.41) is 0. The van der Waals surface area contributed by atoms with E-state index < -0.39 is 0 Å². The first-order valence-corrected chi connectivity index (χ1v) is 6.58. The molecule has 0 amide bonds. The summed E-state index contributed by atoms with van der Waals surface area (Å²) in [5.74, 6) is 2.33. The zero-order valence-corrected chi connectivity index (χ0v) is 10.8. The largest absolute Gasteiger partial charge is 0.461 e. The van der Waals surface area contributed by atoms with Crippen LogP contribution in [0.4, 0.5) is 0 Å². The van der Waals surface area contributed by atoms with Gasteiger partial charge in [-0.3, -0.25) is 0 Å². The van der Waals surface area contributed by atoms with Gasteiger partial charge < -0.3 is 4.42 Å². The van der Waals surface area contributed by atoms with Crippen molar-refractivity contribution in [3.63, 3.8) is 0 Å².